The summed E-state index contributed by atoms with van der Waals surface area (Å²) in [4.78, 5) is 12.3. The van der Waals surface area contributed by atoms with Crippen LogP contribution in [0.15, 0.2) is 21.7 Å². The minimum atomic E-state index is -3.49. The van der Waals surface area contributed by atoms with Crippen LogP contribution in [0, 0.1) is 5.92 Å². The lowest BCUT2D eigenvalue weighted by Gasteiger charge is -2.30. The van der Waals surface area contributed by atoms with E-state index in [9.17, 15) is 21.6 Å². The Bertz CT molecular complexity index is 855. The molecule has 0 aromatic carbocycles. The molecule has 0 atom stereocenters. The number of thiophene rings is 1. The van der Waals surface area contributed by atoms with E-state index in [1.807, 2.05) is 0 Å². The summed E-state index contributed by atoms with van der Waals surface area (Å²) in [7, 11) is -6.90. The summed E-state index contributed by atoms with van der Waals surface area (Å²) < 4.78 is 57.8. The molecule has 2 fully saturated rings. The molecule has 1 N–H and O–H groups in total. The van der Waals surface area contributed by atoms with Gasteiger partial charge in [0.25, 0.3) is 10.0 Å². The van der Waals surface area contributed by atoms with Crippen molar-refractivity contribution in [2.45, 2.75) is 17.1 Å². The van der Waals surface area contributed by atoms with Crippen molar-refractivity contribution in [3.8, 4) is 0 Å². The molecule has 9 nitrogen and oxygen atoms in total. The van der Waals surface area contributed by atoms with Crippen molar-refractivity contribution in [1.82, 2.24) is 13.9 Å². The van der Waals surface area contributed by atoms with E-state index in [0.29, 0.717) is 43.4 Å². The molecule has 2 aliphatic heterocycles. The highest BCUT2D eigenvalue weighted by Crippen LogP contribution is 2.26. The Balaban J connectivity index is 1.44. The Morgan fingerprint density at radius 2 is 1.79 bits per heavy atom. The maximum atomic E-state index is 12.5. The van der Waals surface area contributed by atoms with Crippen molar-refractivity contribution in [1.29, 1.82) is 0 Å². The maximum absolute atomic E-state index is 12.5. The molecule has 0 bridgehead atoms. The number of nitrogens with zero attached hydrogens (tertiary/aromatic N) is 2. The molecular formula is C16H25N3O6S3. The van der Waals surface area contributed by atoms with Gasteiger partial charge >= 0.3 is 0 Å². The smallest absolute Gasteiger partial charge is 0.252 e. The largest absolute Gasteiger partial charge is 0.379 e. The number of amides is 1. The number of hydrogen-bond acceptors (Lipinski definition) is 7. The van der Waals surface area contributed by atoms with Gasteiger partial charge < -0.3 is 10.1 Å². The van der Waals surface area contributed by atoms with Gasteiger partial charge in [0, 0.05) is 38.6 Å². The van der Waals surface area contributed by atoms with Gasteiger partial charge in [-0.3, -0.25) is 4.79 Å². The zero-order valence-corrected chi connectivity index (χ0v) is 17.9. The first kappa shape index (κ1) is 21.7. The van der Waals surface area contributed by atoms with Gasteiger partial charge in [-0.2, -0.15) is 8.61 Å². The lowest BCUT2D eigenvalue weighted by Crippen LogP contribution is -2.45. The lowest BCUT2D eigenvalue weighted by atomic mass is 9.97. The van der Waals surface area contributed by atoms with E-state index < -0.39 is 20.0 Å². The van der Waals surface area contributed by atoms with Gasteiger partial charge in [-0.15, -0.1) is 11.3 Å². The highest BCUT2D eigenvalue weighted by molar-refractivity contribution is 7.91. The Kier molecular flexibility index (Phi) is 7.10. The third-order valence-corrected chi connectivity index (χ3v) is 10.1. The molecule has 3 rings (SSSR count). The minimum Gasteiger partial charge on any atom is -0.379 e. The van der Waals surface area contributed by atoms with Crippen molar-refractivity contribution in [2.24, 2.45) is 5.92 Å². The van der Waals surface area contributed by atoms with Gasteiger partial charge in [-0.1, -0.05) is 6.07 Å². The Morgan fingerprint density at radius 1 is 1.11 bits per heavy atom. The normalized spacial score (nSPS) is 20.9. The summed E-state index contributed by atoms with van der Waals surface area (Å²) in [6.07, 6.45) is 0.847. The SMILES string of the molecule is O=C(NCCS(=O)(=O)N1CCOCC1)C1CCN(S(=O)(=O)c2cccs2)CC1. The average molecular weight is 452 g/mol. The van der Waals surface area contributed by atoms with Crippen LogP contribution in [0.1, 0.15) is 12.8 Å². The van der Waals surface area contributed by atoms with E-state index in [1.165, 1.54) is 19.9 Å². The quantitative estimate of drug-likeness (QED) is 0.621. The van der Waals surface area contributed by atoms with Crippen LogP contribution in [-0.2, 0) is 29.6 Å². The standard InChI is InChI=1S/C16H25N3O6S3/c20-16(17-5-13-27(21,22)18-8-10-25-11-9-18)14-3-6-19(7-4-14)28(23,24)15-2-1-12-26-15/h1-2,12,14H,3-11,13H2,(H,17,20). The second kappa shape index (κ2) is 9.18. The molecule has 28 heavy (non-hydrogen) atoms. The van der Waals surface area contributed by atoms with Gasteiger partial charge in [0.2, 0.25) is 15.9 Å². The number of carbonyl (C=O) groups is 1. The molecule has 1 aromatic heterocycles. The molecule has 0 spiro atoms. The number of rotatable bonds is 7. The van der Waals surface area contributed by atoms with Gasteiger partial charge in [0.1, 0.15) is 4.21 Å². The van der Waals surface area contributed by atoms with Crippen LogP contribution in [0.3, 0.4) is 0 Å². The number of ether oxygens (including phenoxy) is 1. The molecule has 0 unspecified atom stereocenters. The molecule has 1 amide bonds. The van der Waals surface area contributed by atoms with E-state index in [-0.39, 0.29) is 37.2 Å². The fourth-order valence-corrected chi connectivity index (χ4v) is 7.24. The van der Waals surface area contributed by atoms with E-state index in [0.717, 1.165) is 0 Å². The van der Waals surface area contributed by atoms with Crippen LogP contribution in [0.4, 0.5) is 0 Å². The van der Waals surface area contributed by atoms with Crippen LogP contribution in [0.25, 0.3) is 0 Å². The summed E-state index contributed by atoms with van der Waals surface area (Å²) in [6, 6.07) is 3.27. The van der Waals surface area contributed by atoms with Crippen LogP contribution in [0.2, 0.25) is 0 Å². The van der Waals surface area contributed by atoms with Gasteiger partial charge in [-0.25, -0.2) is 16.8 Å². The summed E-state index contributed by atoms with van der Waals surface area (Å²) >= 11 is 1.18. The van der Waals surface area contributed by atoms with Crippen molar-refractivity contribution < 1.29 is 26.4 Å². The molecule has 158 valence electrons. The van der Waals surface area contributed by atoms with Crippen LogP contribution in [0.5, 0.6) is 0 Å². The van der Waals surface area contributed by atoms with Crippen molar-refractivity contribution >= 4 is 37.3 Å². The minimum absolute atomic E-state index is 0.0478. The molecule has 2 saturated heterocycles. The summed E-state index contributed by atoms with van der Waals surface area (Å²) in [6.45, 7) is 2.07. The van der Waals surface area contributed by atoms with E-state index in [1.54, 1.807) is 17.5 Å². The summed E-state index contributed by atoms with van der Waals surface area (Å²) in [5, 5.41) is 4.41. The Labute approximate surface area is 169 Å². The topological polar surface area (TPSA) is 113 Å². The molecule has 3 heterocycles. The summed E-state index contributed by atoms with van der Waals surface area (Å²) in [5.41, 5.74) is 0. The van der Waals surface area contributed by atoms with Crippen molar-refractivity contribution in [3.05, 3.63) is 17.5 Å². The number of piperidine rings is 1. The van der Waals surface area contributed by atoms with Gasteiger partial charge in [0.05, 0.1) is 19.0 Å². The van der Waals surface area contributed by atoms with E-state index >= 15 is 0 Å². The molecule has 0 aliphatic carbocycles. The first-order chi connectivity index (χ1) is 13.3. The Morgan fingerprint density at radius 3 is 2.39 bits per heavy atom. The van der Waals surface area contributed by atoms with Crippen molar-refractivity contribution in [3.63, 3.8) is 0 Å². The van der Waals surface area contributed by atoms with Crippen LogP contribution in [-0.4, -0.2) is 83.0 Å². The highest BCUT2D eigenvalue weighted by Gasteiger charge is 2.32. The lowest BCUT2D eigenvalue weighted by molar-refractivity contribution is -0.125. The third kappa shape index (κ3) is 5.10. The second-order valence-electron chi connectivity index (χ2n) is 6.73. The molecule has 2 aliphatic rings. The fourth-order valence-electron chi connectivity index (χ4n) is 3.30. The molecule has 12 heteroatoms. The monoisotopic (exact) mass is 451 g/mol. The number of hydrogen-bond donors (Lipinski definition) is 1. The van der Waals surface area contributed by atoms with E-state index in [4.69, 9.17) is 4.74 Å². The number of sulfonamides is 2. The third-order valence-electron chi connectivity index (χ3n) is 4.94. The average Bonchev–Trinajstić information content (AvgIpc) is 3.24. The van der Waals surface area contributed by atoms with Crippen LogP contribution < -0.4 is 5.32 Å². The zero-order chi connectivity index (χ0) is 20.2. The predicted octanol–water partition coefficient (Wildman–Crippen LogP) is -0.0730. The molecule has 0 saturated carbocycles. The Hall–Kier alpha value is -1.05. The number of morpholine rings is 1. The maximum Gasteiger partial charge on any atom is 0.252 e. The molecule has 0 radical (unpaired) electrons. The number of nitrogens with one attached hydrogen (secondary N) is 1. The number of carbonyl (C=O) groups excluding carboxylic acids is 1. The zero-order valence-electron chi connectivity index (χ0n) is 15.4. The highest BCUT2D eigenvalue weighted by atomic mass is 32.2. The predicted molar refractivity (Wildman–Crippen MR) is 105 cm³/mol. The second-order valence-corrected chi connectivity index (χ2v) is 11.9. The first-order valence-electron chi connectivity index (χ1n) is 9.17. The molecular weight excluding hydrogens is 426 g/mol. The fraction of sp³-hybridized carbons (Fsp3) is 0.688. The van der Waals surface area contributed by atoms with Gasteiger partial charge in [-0.05, 0) is 24.3 Å². The van der Waals surface area contributed by atoms with Gasteiger partial charge in [0.15, 0.2) is 0 Å². The van der Waals surface area contributed by atoms with E-state index in [2.05, 4.69) is 5.32 Å². The molecule has 1 aromatic rings. The first-order valence-corrected chi connectivity index (χ1v) is 13.1. The van der Waals surface area contributed by atoms with Crippen molar-refractivity contribution in [2.75, 3.05) is 51.7 Å². The van der Waals surface area contributed by atoms with Crippen LogP contribution >= 0.6 is 11.3 Å². The summed E-state index contributed by atoms with van der Waals surface area (Å²) in [5.74, 6) is -0.670.